The summed E-state index contributed by atoms with van der Waals surface area (Å²) < 4.78 is 65.3. The molecule has 5 rings (SSSR count). The van der Waals surface area contributed by atoms with Crippen LogP contribution in [0.3, 0.4) is 0 Å². The van der Waals surface area contributed by atoms with E-state index in [0.29, 0.717) is 4.68 Å². The minimum atomic E-state index is -5.06. The van der Waals surface area contributed by atoms with Crippen LogP contribution in [0.25, 0.3) is 33.5 Å². The molecule has 0 bridgehead atoms. The maximum atomic E-state index is 15.8. The topological polar surface area (TPSA) is 157 Å². The highest BCUT2D eigenvalue weighted by Crippen LogP contribution is 2.41. The lowest BCUT2D eigenvalue weighted by molar-refractivity contribution is -0.140. The van der Waals surface area contributed by atoms with Crippen molar-refractivity contribution in [2.24, 2.45) is 11.5 Å². The Morgan fingerprint density at radius 2 is 1.94 bits per heavy atom. The lowest BCUT2D eigenvalue weighted by Gasteiger charge is -2.13. The number of nitrogens with two attached hydrogens (primary N) is 3. The van der Waals surface area contributed by atoms with Crippen LogP contribution in [0.4, 0.5) is 23.4 Å². The van der Waals surface area contributed by atoms with Crippen molar-refractivity contribution in [3.63, 3.8) is 0 Å². The summed E-state index contributed by atoms with van der Waals surface area (Å²) in [6.45, 7) is -0.0522. The number of aromatic nitrogens is 5. The number of nitrogen functional groups attached to an aromatic ring is 1. The number of nitrogens with zero attached hydrogens (tertiary/aromatic N) is 5. The van der Waals surface area contributed by atoms with Crippen molar-refractivity contribution in [1.82, 2.24) is 24.5 Å². The van der Waals surface area contributed by atoms with Gasteiger partial charge in [0.05, 0.1) is 23.3 Å². The molecule has 0 spiro atoms. The molecule has 3 aromatic heterocycles. The molecule has 14 heteroatoms. The Kier molecular flexibility index (Phi) is 5.25. The summed E-state index contributed by atoms with van der Waals surface area (Å²) >= 11 is 0. The van der Waals surface area contributed by atoms with Gasteiger partial charge < -0.3 is 21.7 Å². The van der Waals surface area contributed by atoms with Crippen molar-refractivity contribution in [2.75, 3.05) is 5.73 Å². The average molecular weight is 500 g/mol. The van der Waals surface area contributed by atoms with Gasteiger partial charge in [-0.05, 0) is 24.3 Å². The zero-order chi connectivity index (χ0) is 25.8. The molecule has 2 aromatic carbocycles. The van der Waals surface area contributed by atoms with E-state index >= 15 is 4.39 Å². The molecule has 0 fully saturated rings. The standard InChI is InChI=1S/C22H16F4N8O2/c23-17-11(2-1-3-13(17)33-7-6-30-15(33)9-27)16-18(21(29)35)34(31-19(16)22(24,25)26)10-4-5-14-12(8-10)20(28)32-36-14/h1-8H,9,27H2,(H2,28,32)(H2,29,35). The van der Waals surface area contributed by atoms with Crippen LogP contribution < -0.4 is 17.2 Å². The minimum Gasteiger partial charge on any atom is -0.380 e. The predicted molar refractivity (Wildman–Crippen MR) is 119 cm³/mol. The Hall–Kier alpha value is -4.72. The number of imidazole rings is 1. The number of rotatable bonds is 5. The first kappa shape index (κ1) is 23.0. The van der Waals surface area contributed by atoms with Gasteiger partial charge in [-0.25, -0.2) is 14.1 Å². The molecule has 0 saturated carbocycles. The van der Waals surface area contributed by atoms with Gasteiger partial charge >= 0.3 is 6.18 Å². The Bertz CT molecular complexity index is 1630. The van der Waals surface area contributed by atoms with E-state index in [1.807, 2.05) is 0 Å². The van der Waals surface area contributed by atoms with Crippen molar-refractivity contribution in [2.45, 2.75) is 12.7 Å². The van der Waals surface area contributed by atoms with Crippen molar-refractivity contribution in [3.8, 4) is 22.5 Å². The molecule has 0 radical (unpaired) electrons. The third kappa shape index (κ3) is 3.54. The number of fused-ring (bicyclic) bond motifs is 1. The number of alkyl halides is 3. The lowest BCUT2D eigenvalue weighted by Crippen LogP contribution is -2.18. The number of halogens is 4. The maximum Gasteiger partial charge on any atom is 0.435 e. The second-order valence-corrected chi connectivity index (χ2v) is 7.65. The number of anilines is 1. The monoisotopic (exact) mass is 500 g/mol. The lowest BCUT2D eigenvalue weighted by atomic mass is 10.0. The third-order valence-electron chi connectivity index (χ3n) is 5.52. The van der Waals surface area contributed by atoms with Gasteiger partial charge in [0.25, 0.3) is 5.91 Å². The SMILES string of the molecule is NCc1nccn1-c1cccc(-c2c(C(F)(F)F)nn(-c3ccc4onc(N)c4c3)c2C(N)=O)c1F. The molecule has 1 amide bonds. The van der Waals surface area contributed by atoms with Gasteiger partial charge in [0.15, 0.2) is 22.9 Å². The zero-order valence-corrected chi connectivity index (χ0v) is 18.1. The number of benzene rings is 2. The largest absolute Gasteiger partial charge is 0.435 e. The molecule has 5 aromatic rings. The first-order chi connectivity index (χ1) is 17.1. The molecule has 3 heterocycles. The zero-order valence-electron chi connectivity index (χ0n) is 18.1. The second-order valence-electron chi connectivity index (χ2n) is 7.65. The van der Waals surface area contributed by atoms with Crippen LogP contribution in [0.2, 0.25) is 0 Å². The van der Waals surface area contributed by atoms with E-state index < -0.39 is 40.4 Å². The molecule has 184 valence electrons. The molecule has 0 unspecified atom stereocenters. The smallest absolute Gasteiger partial charge is 0.380 e. The van der Waals surface area contributed by atoms with Crippen LogP contribution in [-0.4, -0.2) is 30.4 Å². The Balaban J connectivity index is 1.82. The molecular weight excluding hydrogens is 484 g/mol. The van der Waals surface area contributed by atoms with Gasteiger partial charge in [-0.3, -0.25) is 9.36 Å². The van der Waals surface area contributed by atoms with E-state index in [4.69, 9.17) is 21.7 Å². The fraction of sp³-hybridized carbons (Fsp3) is 0.0909. The fourth-order valence-electron chi connectivity index (χ4n) is 3.97. The van der Waals surface area contributed by atoms with Gasteiger partial charge in [0, 0.05) is 23.5 Å². The van der Waals surface area contributed by atoms with E-state index in [1.165, 1.54) is 47.3 Å². The van der Waals surface area contributed by atoms with Crippen LogP contribution in [0.1, 0.15) is 22.0 Å². The first-order valence-corrected chi connectivity index (χ1v) is 10.3. The van der Waals surface area contributed by atoms with Crippen LogP contribution in [-0.2, 0) is 12.7 Å². The third-order valence-corrected chi connectivity index (χ3v) is 5.52. The van der Waals surface area contributed by atoms with E-state index in [1.54, 1.807) is 0 Å². The highest BCUT2D eigenvalue weighted by molar-refractivity contribution is 6.00. The summed E-state index contributed by atoms with van der Waals surface area (Å²) in [4.78, 5) is 16.5. The fourth-order valence-corrected chi connectivity index (χ4v) is 3.97. The normalized spacial score (nSPS) is 11.9. The Morgan fingerprint density at radius 3 is 2.64 bits per heavy atom. The Morgan fingerprint density at radius 1 is 1.17 bits per heavy atom. The van der Waals surface area contributed by atoms with Crippen LogP contribution in [0.5, 0.6) is 0 Å². The summed E-state index contributed by atoms with van der Waals surface area (Å²) in [6.07, 6.45) is -2.29. The summed E-state index contributed by atoms with van der Waals surface area (Å²) in [5, 5.41) is 7.50. The highest BCUT2D eigenvalue weighted by Gasteiger charge is 2.42. The highest BCUT2D eigenvalue weighted by atomic mass is 19.4. The second kappa shape index (κ2) is 8.20. The minimum absolute atomic E-state index is 0.000426. The van der Waals surface area contributed by atoms with Crippen molar-refractivity contribution < 1.29 is 26.9 Å². The summed E-state index contributed by atoms with van der Waals surface area (Å²) in [7, 11) is 0. The number of amides is 1. The van der Waals surface area contributed by atoms with E-state index in [-0.39, 0.29) is 40.5 Å². The molecule has 10 nitrogen and oxygen atoms in total. The molecule has 36 heavy (non-hydrogen) atoms. The quantitative estimate of drug-likeness (QED) is 0.313. The Labute approximate surface area is 198 Å². The maximum absolute atomic E-state index is 15.8. The van der Waals surface area contributed by atoms with Crippen molar-refractivity contribution >= 4 is 22.7 Å². The first-order valence-electron chi connectivity index (χ1n) is 10.3. The number of carbonyl (C=O) groups is 1. The summed E-state index contributed by atoms with van der Waals surface area (Å²) in [5.41, 5.74) is 13.5. The summed E-state index contributed by atoms with van der Waals surface area (Å²) in [6, 6.07) is 7.83. The van der Waals surface area contributed by atoms with Crippen LogP contribution >= 0.6 is 0 Å². The van der Waals surface area contributed by atoms with E-state index in [2.05, 4.69) is 15.2 Å². The van der Waals surface area contributed by atoms with Gasteiger partial charge in [-0.2, -0.15) is 18.3 Å². The number of carbonyl (C=O) groups excluding carboxylic acids is 1. The van der Waals surface area contributed by atoms with Crippen LogP contribution in [0.15, 0.2) is 53.3 Å². The number of primary amides is 1. The van der Waals surface area contributed by atoms with Gasteiger partial charge in [0.1, 0.15) is 11.5 Å². The van der Waals surface area contributed by atoms with E-state index in [9.17, 15) is 18.0 Å². The number of hydrogen-bond acceptors (Lipinski definition) is 7. The van der Waals surface area contributed by atoms with Gasteiger partial charge in [0.2, 0.25) is 0 Å². The molecular formula is C22H16F4N8O2. The predicted octanol–water partition coefficient (Wildman–Crippen LogP) is 3.16. The number of hydrogen-bond donors (Lipinski definition) is 3. The molecule has 0 atom stereocenters. The summed E-state index contributed by atoms with van der Waals surface area (Å²) in [5.74, 6) is -2.07. The van der Waals surface area contributed by atoms with Crippen molar-refractivity contribution in [3.05, 3.63) is 71.8 Å². The van der Waals surface area contributed by atoms with Gasteiger partial charge in [-0.1, -0.05) is 17.3 Å². The molecule has 0 aliphatic rings. The molecule has 0 aliphatic carbocycles. The van der Waals surface area contributed by atoms with E-state index in [0.717, 1.165) is 6.07 Å². The molecule has 0 aliphatic heterocycles. The van der Waals surface area contributed by atoms with Crippen LogP contribution in [0, 0.1) is 5.82 Å². The molecule has 6 N–H and O–H groups in total. The molecule has 0 saturated heterocycles. The van der Waals surface area contributed by atoms with Gasteiger partial charge in [-0.15, -0.1) is 0 Å². The van der Waals surface area contributed by atoms with Crippen molar-refractivity contribution in [1.29, 1.82) is 0 Å². The average Bonchev–Trinajstić information content (AvgIpc) is 3.55.